The topological polar surface area (TPSA) is 57.5 Å². The third kappa shape index (κ3) is 2.69. The molecule has 2 N–H and O–H groups in total. The summed E-state index contributed by atoms with van der Waals surface area (Å²) < 4.78 is 0. The third-order valence-corrected chi connectivity index (χ3v) is 2.86. The molecular formula is C10H18O3. The minimum Gasteiger partial charge on any atom is -0.481 e. The van der Waals surface area contributed by atoms with Crippen molar-refractivity contribution >= 4 is 5.97 Å². The summed E-state index contributed by atoms with van der Waals surface area (Å²) in [5.41, 5.74) is -1.03. The van der Waals surface area contributed by atoms with Crippen molar-refractivity contribution in [3.63, 3.8) is 0 Å². The molecule has 1 aliphatic rings. The molecule has 1 saturated carbocycles. The summed E-state index contributed by atoms with van der Waals surface area (Å²) in [5.74, 6) is -0.940. The first-order valence-corrected chi connectivity index (χ1v) is 4.92. The number of aliphatic hydroxyl groups is 1. The fourth-order valence-corrected chi connectivity index (χ4v) is 1.93. The first-order chi connectivity index (χ1) is 5.97. The summed E-state index contributed by atoms with van der Waals surface area (Å²) in [6.07, 6.45) is 3.42. The van der Waals surface area contributed by atoms with Crippen LogP contribution in [0.4, 0.5) is 0 Å². The van der Waals surface area contributed by atoms with Crippen LogP contribution in [0.3, 0.4) is 0 Å². The van der Waals surface area contributed by atoms with Crippen molar-refractivity contribution < 1.29 is 15.0 Å². The Morgan fingerprint density at radius 1 is 1.62 bits per heavy atom. The van der Waals surface area contributed by atoms with Crippen LogP contribution in [-0.2, 0) is 4.79 Å². The minimum atomic E-state index is -1.03. The zero-order chi connectivity index (χ0) is 10.1. The van der Waals surface area contributed by atoms with Gasteiger partial charge in [-0.3, -0.25) is 4.79 Å². The molecule has 0 saturated heterocycles. The second kappa shape index (κ2) is 3.66. The lowest BCUT2D eigenvalue weighted by molar-refractivity contribution is -0.151. The number of carboxylic acids is 1. The van der Waals surface area contributed by atoms with Gasteiger partial charge in [-0.1, -0.05) is 19.8 Å². The largest absolute Gasteiger partial charge is 0.481 e. The fraction of sp³-hybridized carbons (Fsp3) is 0.900. The molecule has 3 heteroatoms. The van der Waals surface area contributed by atoms with Crippen molar-refractivity contribution in [2.24, 2.45) is 11.8 Å². The number of aliphatic carboxylic acids is 1. The summed E-state index contributed by atoms with van der Waals surface area (Å²) in [6.45, 7) is 3.45. The van der Waals surface area contributed by atoms with E-state index in [-0.39, 0.29) is 0 Å². The normalized spacial score (nSPS) is 23.6. The predicted molar refractivity (Wildman–Crippen MR) is 49.4 cm³/mol. The average molecular weight is 186 g/mol. The van der Waals surface area contributed by atoms with Gasteiger partial charge < -0.3 is 10.2 Å². The van der Waals surface area contributed by atoms with E-state index >= 15 is 0 Å². The van der Waals surface area contributed by atoms with Gasteiger partial charge >= 0.3 is 5.97 Å². The Kier molecular flexibility index (Phi) is 2.96. The van der Waals surface area contributed by atoms with Gasteiger partial charge in [0.15, 0.2) is 0 Å². The SMILES string of the molecule is CCC(C(=O)O)C(C)(O)CC1CC1. The highest BCUT2D eigenvalue weighted by atomic mass is 16.4. The smallest absolute Gasteiger partial charge is 0.309 e. The maximum atomic E-state index is 10.8. The van der Waals surface area contributed by atoms with Crippen molar-refractivity contribution in [3.8, 4) is 0 Å². The van der Waals surface area contributed by atoms with Crippen LogP contribution in [0.15, 0.2) is 0 Å². The first kappa shape index (κ1) is 10.5. The average Bonchev–Trinajstić information content (AvgIpc) is 2.69. The Labute approximate surface area is 78.8 Å². The van der Waals surface area contributed by atoms with Crippen LogP contribution in [0.5, 0.6) is 0 Å². The molecule has 76 valence electrons. The van der Waals surface area contributed by atoms with Crippen molar-refractivity contribution in [2.45, 2.75) is 45.1 Å². The lowest BCUT2D eigenvalue weighted by atomic mass is 9.83. The maximum Gasteiger partial charge on any atom is 0.309 e. The molecule has 0 amide bonds. The number of carboxylic acid groups (broad SMARTS) is 1. The van der Waals surface area contributed by atoms with Crippen LogP contribution in [0, 0.1) is 11.8 Å². The summed E-state index contributed by atoms with van der Waals surface area (Å²) in [5, 5.41) is 18.9. The van der Waals surface area contributed by atoms with E-state index in [1.165, 1.54) is 0 Å². The molecule has 13 heavy (non-hydrogen) atoms. The molecule has 2 unspecified atom stereocenters. The highest BCUT2D eigenvalue weighted by Gasteiger charge is 2.40. The first-order valence-electron chi connectivity index (χ1n) is 4.92. The van der Waals surface area contributed by atoms with Gasteiger partial charge in [0.05, 0.1) is 11.5 Å². The third-order valence-electron chi connectivity index (χ3n) is 2.86. The molecule has 0 aromatic carbocycles. The second-order valence-corrected chi connectivity index (χ2v) is 4.30. The molecule has 1 fully saturated rings. The van der Waals surface area contributed by atoms with Gasteiger partial charge in [0.25, 0.3) is 0 Å². The number of rotatable bonds is 5. The van der Waals surface area contributed by atoms with E-state index in [0.717, 1.165) is 12.8 Å². The van der Waals surface area contributed by atoms with E-state index in [1.54, 1.807) is 13.8 Å². The molecule has 0 heterocycles. The molecule has 3 nitrogen and oxygen atoms in total. The highest BCUT2D eigenvalue weighted by Crippen LogP contribution is 2.39. The standard InChI is InChI=1S/C10H18O3/c1-3-8(9(11)12)10(2,13)6-7-4-5-7/h7-8,13H,3-6H2,1-2H3,(H,11,12). The van der Waals surface area contributed by atoms with Gasteiger partial charge in [0.1, 0.15) is 0 Å². The zero-order valence-electron chi connectivity index (χ0n) is 8.29. The lowest BCUT2D eigenvalue weighted by Crippen LogP contribution is -2.39. The lowest BCUT2D eigenvalue weighted by Gasteiger charge is -2.29. The van der Waals surface area contributed by atoms with Crippen LogP contribution >= 0.6 is 0 Å². The van der Waals surface area contributed by atoms with E-state index in [0.29, 0.717) is 18.8 Å². The van der Waals surface area contributed by atoms with Crippen molar-refractivity contribution in [2.75, 3.05) is 0 Å². The van der Waals surface area contributed by atoms with Crippen LogP contribution in [0.1, 0.15) is 39.5 Å². The van der Waals surface area contributed by atoms with E-state index in [4.69, 9.17) is 5.11 Å². The van der Waals surface area contributed by atoms with Crippen LogP contribution < -0.4 is 0 Å². The summed E-state index contributed by atoms with van der Waals surface area (Å²) >= 11 is 0. The Hall–Kier alpha value is -0.570. The number of hydrogen-bond acceptors (Lipinski definition) is 2. The Morgan fingerprint density at radius 2 is 2.15 bits per heavy atom. The Balaban J connectivity index is 2.56. The van der Waals surface area contributed by atoms with E-state index < -0.39 is 17.5 Å². The van der Waals surface area contributed by atoms with Gasteiger partial charge in [0, 0.05) is 0 Å². The van der Waals surface area contributed by atoms with Gasteiger partial charge in [-0.25, -0.2) is 0 Å². The molecule has 0 bridgehead atoms. The quantitative estimate of drug-likeness (QED) is 0.686. The Bertz CT molecular complexity index is 194. The van der Waals surface area contributed by atoms with Crippen molar-refractivity contribution in [1.82, 2.24) is 0 Å². The zero-order valence-corrected chi connectivity index (χ0v) is 8.29. The molecule has 0 aliphatic heterocycles. The minimum absolute atomic E-state index is 0.495. The monoisotopic (exact) mass is 186 g/mol. The molecule has 0 aromatic heterocycles. The highest BCUT2D eigenvalue weighted by molar-refractivity contribution is 5.71. The van der Waals surface area contributed by atoms with Crippen LogP contribution in [0.2, 0.25) is 0 Å². The van der Waals surface area contributed by atoms with Crippen LogP contribution in [0.25, 0.3) is 0 Å². The van der Waals surface area contributed by atoms with E-state index in [2.05, 4.69) is 0 Å². The molecule has 2 atom stereocenters. The fourth-order valence-electron chi connectivity index (χ4n) is 1.93. The summed E-state index contributed by atoms with van der Waals surface area (Å²) in [4.78, 5) is 10.8. The predicted octanol–water partition coefficient (Wildman–Crippen LogP) is 1.65. The number of carbonyl (C=O) groups is 1. The second-order valence-electron chi connectivity index (χ2n) is 4.30. The molecule has 1 aliphatic carbocycles. The van der Waals surface area contributed by atoms with Gasteiger partial charge in [-0.15, -0.1) is 0 Å². The van der Waals surface area contributed by atoms with E-state index in [1.807, 2.05) is 0 Å². The molecule has 0 radical (unpaired) electrons. The molecular weight excluding hydrogens is 168 g/mol. The van der Waals surface area contributed by atoms with Crippen molar-refractivity contribution in [1.29, 1.82) is 0 Å². The van der Waals surface area contributed by atoms with E-state index in [9.17, 15) is 9.90 Å². The Morgan fingerprint density at radius 3 is 2.46 bits per heavy atom. The van der Waals surface area contributed by atoms with Gasteiger partial charge in [-0.2, -0.15) is 0 Å². The van der Waals surface area contributed by atoms with Crippen molar-refractivity contribution in [3.05, 3.63) is 0 Å². The van der Waals surface area contributed by atoms with Crippen LogP contribution in [-0.4, -0.2) is 21.8 Å². The van der Waals surface area contributed by atoms with Gasteiger partial charge in [-0.05, 0) is 25.7 Å². The summed E-state index contributed by atoms with van der Waals surface area (Å²) in [7, 11) is 0. The molecule has 1 rings (SSSR count). The molecule has 0 spiro atoms. The summed E-state index contributed by atoms with van der Waals surface area (Å²) in [6, 6.07) is 0. The maximum absolute atomic E-state index is 10.8. The molecule has 0 aromatic rings. The number of hydrogen-bond donors (Lipinski definition) is 2. The van der Waals surface area contributed by atoms with Gasteiger partial charge in [0.2, 0.25) is 0 Å².